The van der Waals surface area contributed by atoms with E-state index < -0.39 is 0 Å². The van der Waals surface area contributed by atoms with Crippen molar-refractivity contribution in [1.29, 1.82) is 0 Å². The lowest BCUT2D eigenvalue weighted by Gasteiger charge is -2.02. The van der Waals surface area contributed by atoms with Gasteiger partial charge in [-0.3, -0.25) is 0 Å². The Balaban J connectivity index is 2.64. The molecule has 0 spiro atoms. The second-order valence-corrected chi connectivity index (χ2v) is 2.52. The monoisotopic (exact) mass is 150 g/mol. The minimum absolute atomic E-state index is 0.211. The highest BCUT2D eigenvalue weighted by molar-refractivity contribution is 5.53. The number of nitrogens with one attached hydrogen (secondary N) is 1. The summed E-state index contributed by atoms with van der Waals surface area (Å²) >= 11 is 0. The molecule has 0 saturated carbocycles. The zero-order valence-corrected chi connectivity index (χ0v) is 5.83. The standard InChI is InChI=1S/C8H8NO2/c10-7-1-2-8(11)6-4-9-3-5(6)7/h1-3,9-11H,4H2. The molecule has 1 aromatic carbocycles. The van der Waals surface area contributed by atoms with Crippen LogP contribution in [-0.2, 0) is 6.54 Å². The van der Waals surface area contributed by atoms with Crippen LogP contribution in [0.25, 0.3) is 0 Å². The van der Waals surface area contributed by atoms with E-state index in [2.05, 4.69) is 5.32 Å². The molecule has 0 aromatic heterocycles. The average Bonchev–Trinajstić information content (AvgIpc) is 2.45. The summed E-state index contributed by atoms with van der Waals surface area (Å²) in [5.74, 6) is 0.446. The van der Waals surface area contributed by atoms with Gasteiger partial charge in [-0.25, -0.2) is 0 Å². The van der Waals surface area contributed by atoms with Crippen LogP contribution in [0.2, 0.25) is 0 Å². The van der Waals surface area contributed by atoms with E-state index in [-0.39, 0.29) is 11.5 Å². The first-order valence-electron chi connectivity index (χ1n) is 3.39. The van der Waals surface area contributed by atoms with E-state index in [1.807, 2.05) is 0 Å². The molecule has 0 aliphatic carbocycles. The minimum atomic E-state index is 0.211. The molecule has 0 bridgehead atoms. The van der Waals surface area contributed by atoms with E-state index in [1.165, 1.54) is 12.1 Å². The third-order valence-corrected chi connectivity index (χ3v) is 1.83. The summed E-state index contributed by atoms with van der Waals surface area (Å²) < 4.78 is 0. The van der Waals surface area contributed by atoms with Crippen LogP contribution in [-0.4, -0.2) is 10.2 Å². The van der Waals surface area contributed by atoms with E-state index >= 15 is 0 Å². The molecular formula is C8H8NO2. The van der Waals surface area contributed by atoms with Crippen LogP contribution in [0.15, 0.2) is 12.1 Å². The molecule has 1 aliphatic heterocycles. The van der Waals surface area contributed by atoms with Crippen LogP contribution in [0.3, 0.4) is 0 Å². The highest BCUT2D eigenvalue weighted by atomic mass is 16.3. The molecule has 0 saturated heterocycles. The van der Waals surface area contributed by atoms with E-state index in [9.17, 15) is 10.2 Å². The fraction of sp³-hybridized carbons (Fsp3) is 0.125. The molecule has 0 atom stereocenters. The number of hydrogen-bond acceptors (Lipinski definition) is 3. The molecule has 1 radical (unpaired) electrons. The van der Waals surface area contributed by atoms with Gasteiger partial charge in [-0.1, -0.05) is 0 Å². The first-order valence-corrected chi connectivity index (χ1v) is 3.39. The number of aromatic hydroxyl groups is 2. The van der Waals surface area contributed by atoms with Gasteiger partial charge in [0.25, 0.3) is 0 Å². The van der Waals surface area contributed by atoms with Gasteiger partial charge in [-0.2, -0.15) is 0 Å². The van der Waals surface area contributed by atoms with Gasteiger partial charge >= 0.3 is 0 Å². The first-order chi connectivity index (χ1) is 5.29. The molecule has 0 unspecified atom stereocenters. The minimum Gasteiger partial charge on any atom is -0.508 e. The Kier molecular flexibility index (Phi) is 1.26. The van der Waals surface area contributed by atoms with Crippen molar-refractivity contribution in [3.63, 3.8) is 0 Å². The maximum absolute atomic E-state index is 9.28. The largest absolute Gasteiger partial charge is 0.508 e. The molecular weight excluding hydrogens is 142 g/mol. The van der Waals surface area contributed by atoms with Gasteiger partial charge in [0.1, 0.15) is 11.5 Å². The normalized spacial score (nSPS) is 14.9. The number of phenols is 2. The maximum Gasteiger partial charge on any atom is 0.121 e. The Morgan fingerprint density at radius 2 is 1.91 bits per heavy atom. The molecule has 0 fully saturated rings. The molecule has 3 nitrogen and oxygen atoms in total. The number of hydrogen-bond donors (Lipinski definition) is 3. The highest BCUT2D eigenvalue weighted by Crippen LogP contribution is 2.32. The Hall–Kier alpha value is -1.22. The van der Waals surface area contributed by atoms with Crippen LogP contribution in [0.4, 0.5) is 0 Å². The molecule has 2 rings (SSSR count). The van der Waals surface area contributed by atoms with E-state index in [4.69, 9.17) is 0 Å². The van der Waals surface area contributed by atoms with Crippen molar-refractivity contribution in [1.82, 2.24) is 5.32 Å². The first kappa shape index (κ1) is 6.49. The fourth-order valence-corrected chi connectivity index (χ4v) is 1.24. The smallest absolute Gasteiger partial charge is 0.121 e. The second kappa shape index (κ2) is 2.13. The summed E-state index contributed by atoms with van der Waals surface area (Å²) in [5, 5.41) is 21.5. The van der Waals surface area contributed by atoms with Crippen molar-refractivity contribution in [2.24, 2.45) is 0 Å². The third-order valence-electron chi connectivity index (χ3n) is 1.83. The summed E-state index contributed by atoms with van der Waals surface area (Å²) in [7, 11) is 0. The van der Waals surface area contributed by atoms with Crippen molar-refractivity contribution in [2.75, 3.05) is 0 Å². The van der Waals surface area contributed by atoms with E-state index in [0.717, 1.165) is 5.56 Å². The summed E-state index contributed by atoms with van der Waals surface area (Å²) in [4.78, 5) is 0. The van der Waals surface area contributed by atoms with Gasteiger partial charge in [-0.15, -0.1) is 0 Å². The predicted molar refractivity (Wildman–Crippen MR) is 40.0 cm³/mol. The van der Waals surface area contributed by atoms with Gasteiger partial charge in [0.15, 0.2) is 0 Å². The summed E-state index contributed by atoms with van der Waals surface area (Å²) in [5.41, 5.74) is 1.47. The number of rotatable bonds is 0. The maximum atomic E-state index is 9.28. The van der Waals surface area contributed by atoms with Crippen molar-refractivity contribution in [3.05, 3.63) is 29.8 Å². The SMILES string of the molecule is Oc1ccc(O)c2c1[CH]NC2. The van der Waals surface area contributed by atoms with Crippen molar-refractivity contribution in [2.45, 2.75) is 6.54 Å². The van der Waals surface area contributed by atoms with Crippen LogP contribution in [0, 0.1) is 6.54 Å². The van der Waals surface area contributed by atoms with Crippen LogP contribution < -0.4 is 5.32 Å². The Bertz CT molecular complexity index is 267. The van der Waals surface area contributed by atoms with E-state index in [1.54, 1.807) is 6.54 Å². The topological polar surface area (TPSA) is 52.5 Å². The fourth-order valence-electron chi connectivity index (χ4n) is 1.24. The van der Waals surface area contributed by atoms with Gasteiger partial charge < -0.3 is 15.5 Å². The number of fused-ring (bicyclic) bond motifs is 1. The molecule has 11 heavy (non-hydrogen) atoms. The van der Waals surface area contributed by atoms with Crippen molar-refractivity contribution < 1.29 is 10.2 Å². The molecule has 0 amide bonds. The van der Waals surface area contributed by atoms with Gasteiger partial charge in [-0.05, 0) is 12.1 Å². The second-order valence-electron chi connectivity index (χ2n) is 2.52. The molecule has 1 heterocycles. The predicted octanol–water partition coefficient (Wildman–Crippen LogP) is 0.711. The zero-order chi connectivity index (χ0) is 7.84. The van der Waals surface area contributed by atoms with Crippen LogP contribution in [0.5, 0.6) is 11.5 Å². The Morgan fingerprint density at radius 1 is 1.18 bits per heavy atom. The molecule has 3 heteroatoms. The van der Waals surface area contributed by atoms with E-state index in [0.29, 0.717) is 12.1 Å². The Morgan fingerprint density at radius 3 is 2.64 bits per heavy atom. The van der Waals surface area contributed by atoms with Gasteiger partial charge in [0.05, 0.1) is 6.54 Å². The number of phenolic OH excluding ortho intramolecular Hbond substituents is 2. The quantitative estimate of drug-likeness (QED) is 0.477. The Labute approximate surface area is 64.3 Å². The number of benzene rings is 1. The molecule has 57 valence electrons. The lowest BCUT2D eigenvalue weighted by molar-refractivity contribution is 0.454. The molecule has 1 aliphatic rings. The van der Waals surface area contributed by atoms with Gasteiger partial charge in [0, 0.05) is 17.7 Å². The van der Waals surface area contributed by atoms with Crippen LogP contribution >= 0.6 is 0 Å². The van der Waals surface area contributed by atoms with Crippen LogP contribution in [0.1, 0.15) is 11.1 Å². The average molecular weight is 150 g/mol. The molecule has 1 aromatic rings. The third kappa shape index (κ3) is 0.851. The lowest BCUT2D eigenvalue weighted by atomic mass is 10.1. The van der Waals surface area contributed by atoms with Gasteiger partial charge in [0.2, 0.25) is 0 Å². The summed E-state index contributed by atoms with van der Waals surface area (Å²) in [6.07, 6.45) is 0. The highest BCUT2D eigenvalue weighted by Gasteiger charge is 2.17. The summed E-state index contributed by atoms with van der Waals surface area (Å²) in [6.45, 7) is 2.29. The zero-order valence-electron chi connectivity index (χ0n) is 5.83. The molecule has 3 N–H and O–H groups in total. The summed E-state index contributed by atoms with van der Waals surface area (Å²) in [6, 6.07) is 2.98. The lowest BCUT2D eigenvalue weighted by Crippen LogP contribution is -1.97. The van der Waals surface area contributed by atoms with Crippen molar-refractivity contribution >= 4 is 0 Å². The van der Waals surface area contributed by atoms with Crippen molar-refractivity contribution in [3.8, 4) is 11.5 Å².